The van der Waals surface area contributed by atoms with Gasteiger partial charge in [0.25, 0.3) is 0 Å². The van der Waals surface area contributed by atoms with Crippen molar-refractivity contribution in [3.05, 3.63) is 29.7 Å². The quantitative estimate of drug-likeness (QED) is 0.826. The van der Waals surface area contributed by atoms with Crippen LogP contribution in [0.5, 0.6) is 5.75 Å². The molecule has 4 nitrogen and oxygen atoms in total. The molecule has 0 atom stereocenters. The summed E-state index contributed by atoms with van der Waals surface area (Å²) in [6.07, 6.45) is 1.97. The van der Waals surface area contributed by atoms with E-state index in [1.54, 1.807) is 0 Å². The molecule has 0 saturated heterocycles. The zero-order valence-corrected chi connectivity index (χ0v) is 9.03. The van der Waals surface area contributed by atoms with E-state index in [4.69, 9.17) is 10.5 Å². The lowest BCUT2D eigenvalue weighted by atomic mass is 10.3. The van der Waals surface area contributed by atoms with Crippen molar-refractivity contribution < 1.29 is 4.74 Å². The molecule has 0 radical (unpaired) electrons. The molecule has 0 fully saturated rings. The van der Waals surface area contributed by atoms with Crippen LogP contribution in [0.1, 0.15) is 18.3 Å². The van der Waals surface area contributed by atoms with Gasteiger partial charge in [0, 0.05) is 18.4 Å². The minimum absolute atomic E-state index is 0.457. The second-order valence-electron chi connectivity index (χ2n) is 3.35. The fraction of sp³-hybridized carbons (Fsp3) is 0.364. The highest BCUT2D eigenvalue weighted by atomic mass is 16.5. The van der Waals surface area contributed by atoms with E-state index in [0.717, 1.165) is 22.8 Å². The van der Waals surface area contributed by atoms with Crippen LogP contribution in [0.25, 0.3) is 5.65 Å². The molecule has 2 N–H and O–H groups in total. The zero-order valence-electron chi connectivity index (χ0n) is 9.03. The molecule has 0 bridgehead atoms. The minimum atomic E-state index is 0.457. The Balaban J connectivity index is 2.65. The fourth-order valence-electron chi connectivity index (χ4n) is 1.67. The lowest BCUT2D eigenvalue weighted by molar-refractivity contribution is 0.342. The Kier molecular flexibility index (Phi) is 2.60. The zero-order chi connectivity index (χ0) is 10.8. The van der Waals surface area contributed by atoms with Crippen LogP contribution in [0.15, 0.2) is 18.3 Å². The van der Waals surface area contributed by atoms with E-state index >= 15 is 0 Å². The first kappa shape index (κ1) is 9.98. The molecule has 15 heavy (non-hydrogen) atoms. The van der Waals surface area contributed by atoms with E-state index in [-0.39, 0.29) is 0 Å². The Morgan fingerprint density at radius 1 is 1.53 bits per heavy atom. The molecule has 0 unspecified atom stereocenters. The maximum Gasteiger partial charge on any atom is 0.180 e. The topological polar surface area (TPSA) is 52.5 Å². The van der Waals surface area contributed by atoms with Crippen molar-refractivity contribution >= 4 is 5.65 Å². The van der Waals surface area contributed by atoms with Crippen LogP contribution in [0.2, 0.25) is 0 Å². The normalized spacial score (nSPS) is 10.9. The third kappa shape index (κ3) is 1.57. The third-order valence-electron chi connectivity index (χ3n) is 2.44. The number of ether oxygens (including phenoxy) is 1. The van der Waals surface area contributed by atoms with Gasteiger partial charge in [-0.2, -0.15) is 0 Å². The van der Waals surface area contributed by atoms with Gasteiger partial charge in [0.2, 0.25) is 0 Å². The Hall–Kier alpha value is -1.55. The monoisotopic (exact) mass is 205 g/mol. The maximum atomic E-state index is 5.62. The summed E-state index contributed by atoms with van der Waals surface area (Å²) in [4.78, 5) is 4.46. The van der Waals surface area contributed by atoms with Crippen molar-refractivity contribution in [1.82, 2.24) is 9.38 Å². The molecule has 2 aromatic heterocycles. The lowest BCUT2D eigenvalue weighted by Gasteiger charge is -2.04. The number of rotatable bonds is 3. The summed E-state index contributed by atoms with van der Waals surface area (Å²) in [6, 6.07) is 3.87. The number of pyridine rings is 1. The van der Waals surface area contributed by atoms with Gasteiger partial charge in [-0.3, -0.25) is 0 Å². The molecule has 2 aromatic rings. The van der Waals surface area contributed by atoms with Crippen molar-refractivity contribution in [2.24, 2.45) is 5.73 Å². The fourth-order valence-corrected chi connectivity index (χ4v) is 1.67. The standard InChI is InChI=1S/C11H15N3O/c1-3-15-10-5-4-6-14-8(2)9(7-12)13-11(10)14/h4-6H,3,7,12H2,1-2H3. The van der Waals surface area contributed by atoms with Crippen molar-refractivity contribution in [1.29, 1.82) is 0 Å². The summed E-state index contributed by atoms with van der Waals surface area (Å²) in [5.41, 5.74) is 8.46. The van der Waals surface area contributed by atoms with Gasteiger partial charge in [-0.15, -0.1) is 0 Å². The molecular weight excluding hydrogens is 190 g/mol. The molecule has 0 aliphatic carbocycles. The van der Waals surface area contributed by atoms with Gasteiger partial charge in [-0.05, 0) is 26.0 Å². The van der Waals surface area contributed by atoms with E-state index in [9.17, 15) is 0 Å². The van der Waals surface area contributed by atoms with Crippen LogP contribution in [-0.4, -0.2) is 16.0 Å². The highest BCUT2D eigenvalue weighted by molar-refractivity contribution is 5.55. The van der Waals surface area contributed by atoms with Crippen LogP contribution in [0.4, 0.5) is 0 Å². The van der Waals surface area contributed by atoms with Crippen molar-refractivity contribution in [2.75, 3.05) is 6.61 Å². The Morgan fingerprint density at radius 3 is 3.00 bits per heavy atom. The molecule has 2 heterocycles. The van der Waals surface area contributed by atoms with Crippen LogP contribution < -0.4 is 10.5 Å². The van der Waals surface area contributed by atoms with Gasteiger partial charge in [0.15, 0.2) is 11.4 Å². The predicted octanol–water partition coefficient (Wildman–Crippen LogP) is 1.50. The molecule has 4 heteroatoms. The predicted molar refractivity (Wildman–Crippen MR) is 59.0 cm³/mol. The van der Waals surface area contributed by atoms with Crippen molar-refractivity contribution in [3.63, 3.8) is 0 Å². The number of nitrogens with zero attached hydrogens (tertiary/aromatic N) is 2. The molecule has 0 spiro atoms. The van der Waals surface area contributed by atoms with Crippen LogP contribution >= 0.6 is 0 Å². The number of hydrogen-bond acceptors (Lipinski definition) is 3. The van der Waals surface area contributed by atoms with Crippen LogP contribution in [0, 0.1) is 6.92 Å². The second-order valence-corrected chi connectivity index (χ2v) is 3.35. The molecule has 0 saturated carbocycles. The van der Waals surface area contributed by atoms with Gasteiger partial charge >= 0.3 is 0 Å². The molecule has 0 amide bonds. The molecule has 0 aliphatic rings. The number of nitrogens with two attached hydrogens (primary N) is 1. The largest absolute Gasteiger partial charge is 0.490 e. The average molecular weight is 205 g/mol. The number of fused-ring (bicyclic) bond motifs is 1. The van der Waals surface area contributed by atoms with Gasteiger partial charge in [0.05, 0.1) is 12.3 Å². The minimum Gasteiger partial charge on any atom is -0.490 e. The third-order valence-corrected chi connectivity index (χ3v) is 2.44. The molecule has 80 valence electrons. The number of aryl methyl sites for hydroxylation is 1. The summed E-state index contributed by atoms with van der Waals surface area (Å²) in [7, 11) is 0. The SMILES string of the molecule is CCOc1cccn2c(C)c(CN)nc12. The van der Waals surface area contributed by atoms with E-state index in [1.165, 1.54) is 0 Å². The molecular formula is C11H15N3O. The van der Waals surface area contributed by atoms with E-state index < -0.39 is 0 Å². The first-order chi connectivity index (χ1) is 7.27. The first-order valence-electron chi connectivity index (χ1n) is 5.07. The van der Waals surface area contributed by atoms with E-state index in [1.807, 2.05) is 36.6 Å². The average Bonchev–Trinajstić information content (AvgIpc) is 2.58. The molecule has 0 aliphatic heterocycles. The number of imidazole rings is 1. The number of aromatic nitrogens is 2. The maximum absolute atomic E-state index is 5.62. The first-order valence-corrected chi connectivity index (χ1v) is 5.07. The summed E-state index contributed by atoms with van der Waals surface area (Å²) in [5, 5.41) is 0. The van der Waals surface area contributed by atoms with Crippen LogP contribution in [0.3, 0.4) is 0 Å². The molecule has 2 rings (SSSR count). The van der Waals surface area contributed by atoms with Crippen molar-refractivity contribution in [2.45, 2.75) is 20.4 Å². The summed E-state index contributed by atoms with van der Waals surface area (Å²) < 4.78 is 7.51. The summed E-state index contributed by atoms with van der Waals surface area (Å²) in [6.45, 7) is 5.07. The van der Waals surface area contributed by atoms with Gasteiger partial charge in [0.1, 0.15) is 0 Å². The Morgan fingerprint density at radius 2 is 2.33 bits per heavy atom. The smallest absolute Gasteiger partial charge is 0.180 e. The van der Waals surface area contributed by atoms with Gasteiger partial charge in [-0.1, -0.05) is 0 Å². The Bertz CT molecular complexity index is 476. The van der Waals surface area contributed by atoms with E-state index in [2.05, 4.69) is 4.98 Å². The van der Waals surface area contributed by atoms with Crippen molar-refractivity contribution in [3.8, 4) is 5.75 Å². The van der Waals surface area contributed by atoms with Gasteiger partial charge < -0.3 is 14.9 Å². The van der Waals surface area contributed by atoms with E-state index in [0.29, 0.717) is 13.2 Å². The van der Waals surface area contributed by atoms with Crippen LogP contribution in [-0.2, 0) is 6.54 Å². The molecule has 0 aromatic carbocycles. The summed E-state index contributed by atoms with van der Waals surface area (Å²) in [5.74, 6) is 0.808. The summed E-state index contributed by atoms with van der Waals surface area (Å²) >= 11 is 0. The highest BCUT2D eigenvalue weighted by Gasteiger charge is 2.10. The number of hydrogen-bond donors (Lipinski definition) is 1. The van der Waals surface area contributed by atoms with Gasteiger partial charge in [-0.25, -0.2) is 4.98 Å². The Labute approximate surface area is 88.7 Å². The lowest BCUT2D eigenvalue weighted by Crippen LogP contribution is -1.98. The second kappa shape index (κ2) is 3.90. The highest BCUT2D eigenvalue weighted by Crippen LogP contribution is 2.21.